The zero-order valence-electron chi connectivity index (χ0n) is 36.3. The van der Waals surface area contributed by atoms with Crippen molar-refractivity contribution in [2.45, 2.75) is 23.7 Å². The number of fused-ring (bicyclic) bond motifs is 8. The number of hydrogen-bond donors (Lipinski definition) is 2. The molecule has 10 aromatic rings. The van der Waals surface area contributed by atoms with Gasteiger partial charge in [0.2, 0.25) is 0 Å². The number of ether oxygens (including phenoxy) is 2. The van der Waals surface area contributed by atoms with Gasteiger partial charge in [0.1, 0.15) is 23.0 Å². The Morgan fingerprint density at radius 3 is 0.970 bits per heavy atom. The number of hydrogen-bond acceptors (Lipinski definition) is 4. The van der Waals surface area contributed by atoms with Crippen LogP contribution in [0.5, 0.6) is 23.0 Å². The standard InChI is InChI=1S/C62H46O4/c63-49-29-25-45(26-30-49)61(57-15-5-1-11-53(57)54-12-2-6-16-58(54)61)47-23-19-43-39-51(33-21-41(43)37-47)65-35-9-10-36-66-52-34-22-42-38-48(24-20-44(42)40-52)62(46-27-31-50(64)32-28-46)59-17-7-3-13-55(59)56-14-4-8-18-60(56)62/h1-8,11-34,37-40,63-64H,9-10,35-36H2. The molecule has 0 saturated heterocycles. The number of phenols is 2. The molecule has 0 bridgehead atoms. The zero-order valence-corrected chi connectivity index (χ0v) is 36.3. The van der Waals surface area contributed by atoms with E-state index in [1.807, 2.05) is 0 Å². The molecular formula is C62H46O4. The lowest BCUT2D eigenvalue weighted by Crippen LogP contribution is -2.28. The molecule has 4 heteroatoms. The van der Waals surface area contributed by atoms with Crippen molar-refractivity contribution in [1.29, 1.82) is 0 Å². The highest BCUT2D eigenvalue weighted by atomic mass is 16.5. The van der Waals surface area contributed by atoms with Crippen LogP contribution in [0.25, 0.3) is 43.8 Å². The van der Waals surface area contributed by atoms with Crippen LogP contribution in [0.1, 0.15) is 57.3 Å². The topological polar surface area (TPSA) is 58.9 Å². The fourth-order valence-electron chi connectivity index (χ4n) is 11.1. The lowest BCUT2D eigenvalue weighted by Gasteiger charge is -2.34. The van der Waals surface area contributed by atoms with E-state index in [4.69, 9.17) is 9.47 Å². The summed E-state index contributed by atoms with van der Waals surface area (Å²) in [6.07, 6.45) is 1.73. The van der Waals surface area contributed by atoms with E-state index in [-0.39, 0.29) is 11.5 Å². The Morgan fingerprint density at radius 2 is 0.606 bits per heavy atom. The van der Waals surface area contributed by atoms with E-state index in [0.717, 1.165) is 57.0 Å². The third kappa shape index (κ3) is 6.20. The van der Waals surface area contributed by atoms with Gasteiger partial charge in [-0.1, -0.05) is 158 Å². The van der Waals surface area contributed by atoms with Gasteiger partial charge in [0.25, 0.3) is 0 Å². The van der Waals surface area contributed by atoms with Crippen molar-refractivity contribution in [3.05, 3.63) is 263 Å². The Bertz CT molecular complexity index is 3140. The molecule has 2 aliphatic rings. The first-order valence-electron chi connectivity index (χ1n) is 22.8. The van der Waals surface area contributed by atoms with Gasteiger partial charge < -0.3 is 19.7 Å². The van der Waals surface area contributed by atoms with Crippen LogP contribution in [0.3, 0.4) is 0 Å². The van der Waals surface area contributed by atoms with Crippen molar-refractivity contribution in [2.24, 2.45) is 0 Å². The average Bonchev–Trinajstić information content (AvgIpc) is 3.84. The molecule has 0 fully saturated rings. The molecule has 66 heavy (non-hydrogen) atoms. The maximum absolute atomic E-state index is 10.3. The second kappa shape index (κ2) is 15.9. The molecule has 0 heterocycles. The Balaban J connectivity index is 0.735. The van der Waals surface area contributed by atoms with E-state index >= 15 is 0 Å². The van der Waals surface area contributed by atoms with Crippen molar-refractivity contribution in [3.63, 3.8) is 0 Å². The van der Waals surface area contributed by atoms with Gasteiger partial charge >= 0.3 is 0 Å². The third-order valence-corrected chi connectivity index (χ3v) is 14.1. The highest BCUT2D eigenvalue weighted by Gasteiger charge is 2.47. The first-order chi connectivity index (χ1) is 32.5. The molecule has 0 atom stereocenters. The van der Waals surface area contributed by atoms with E-state index in [1.165, 1.54) is 55.6 Å². The lowest BCUT2D eigenvalue weighted by atomic mass is 9.67. The Hall–Kier alpha value is -8.08. The quantitative estimate of drug-likeness (QED) is 0.127. The number of benzene rings is 10. The summed E-state index contributed by atoms with van der Waals surface area (Å²) in [6.45, 7) is 1.19. The van der Waals surface area contributed by atoms with E-state index in [2.05, 4.69) is 194 Å². The van der Waals surface area contributed by atoms with Crippen molar-refractivity contribution >= 4 is 21.5 Å². The molecule has 0 aromatic heterocycles. The van der Waals surface area contributed by atoms with Crippen LogP contribution >= 0.6 is 0 Å². The molecule has 0 aliphatic heterocycles. The molecule has 0 radical (unpaired) electrons. The molecule has 0 saturated carbocycles. The van der Waals surface area contributed by atoms with E-state index in [9.17, 15) is 10.2 Å². The summed E-state index contributed by atoms with van der Waals surface area (Å²) < 4.78 is 12.6. The van der Waals surface area contributed by atoms with Crippen LogP contribution in [-0.4, -0.2) is 23.4 Å². The maximum Gasteiger partial charge on any atom is 0.119 e. The second-order valence-corrected chi connectivity index (χ2v) is 17.6. The minimum Gasteiger partial charge on any atom is -0.508 e. The predicted octanol–water partition coefficient (Wildman–Crippen LogP) is 14.4. The van der Waals surface area contributed by atoms with Gasteiger partial charge in [-0.25, -0.2) is 0 Å². The van der Waals surface area contributed by atoms with Crippen LogP contribution < -0.4 is 9.47 Å². The SMILES string of the molecule is Oc1ccc(C2(c3ccc4cc(OCCCCOc5ccc6cc(C7(c8ccc(O)cc8)c8ccccc8-c8ccccc87)ccc6c5)ccc4c3)c3ccccc3-c3ccccc32)cc1. The molecule has 318 valence electrons. The summed E-state index contributed by atoms with van der Waals surface area (Å²) in [5.74, 6) is 2.22. The molecule has 0 spiro atoms. The highest BCUT2D eigenvalue weighted by molar-refractivity contribution is 5.92. The summed E-state index contributed by atoms with van der Waals surface area (Å²) in [5.41, 5.74) is 13.5. The highest BCUT2D eigenvalue weighted by Crippen LogP contribution is 2.58. The fourth-order valence-corrected chi connectivity index (χ4v) is 11.1. The van der Waals surface area contributed by atoms with Crippen molar-refractivity contribution in [2.75, 3.05) is 13.2 Å². The Labute approximate surface area is 384 Å². The number of unbranched alkanes of at least 4 members (excludes halogenated alkanes) is 1. The maximum atomic E-state index is 10.3. The lowest BCUT2D eigenvalue weighted by molar-refractivity contribution is 0.267. The molecule has 2 N–H and O–H groups in total. The number of phenolic OH excluding ortho intramolecular Hbond substituents is 2. The van der Waals surface area contributed by atoms with Crippen LogP contribution in [0.15, 0.2) is 218 Å². The minimum atomic E-state index is -0.530. The zero-order chi connectivity index (χ0) is 44.2. The van der Waals surface area contributed by atoms with Gasteiger partial charge in [0, 0.05) is 0 Å². The summed E-state index contributed by atoms with van der Waals surface area (Å²) in [5, 5.41) is 25.1. The Morgan fingerprint density at radius 1 is 0.303 bits per heavy atom. The van der Waals surface area contributed by atoms with E-state index in [1.54, 1.807) is 24.3 Å². The minimum absolute atomic E-state index is 0.256. The van der Waals surface area contributed by atoms with Crippen LogP contribution in [0.2, 0.25) is 0 Å². The molecule has 4 nitrogen and oxygen atoms in total. The molecule has 0 amide bonds. The average molecular weight is 855 g/mol. The van der Waals surface area contributed by atoms with Gasteiger partial charge in [-0.05, 0) is 162 Å². The van der Waals surface area contributed by atoms with Crippen LogP contribution in [0, 0.1) is 0 Å². The molecular weight excluding hydrogens is 809 g/mol. The van der Waals surface area contributed by atoms with E-state index < -0.39 is 10.8 Å². The third-order valence-electron chi connectivity index (χ3n) is 14.1. The fraction of sp³-hybridized carbons (Fsp3) is 0.0968. The normalized spacial score (nSPS) is 13.8. The number of aromatic hydroxyl groups is 2. The van der Waals surface area contributed by atoms with E-state index in [0.29, 0.717) is 13.2 Å². The second-order valence-electron chi connectivity index (χ2n) is 17.6. The van der Waals surface area contributed by atoms with Crippen LogP contribution in [-0.2, 0) is 10.8 Å². The monoisotopic (exact) mass is 854 g/mol. The van der Waals surface area contributed by atoms with Gasteiger partial charge in [-0.15, -0.1) is 0 Å². The Kier molecular flexibility index (Phi) is 9.50. The van der Waals surface area contributed by atoms with Gasteiger partial charge in [-0.2, -0.15) is 0 Å². The molecule has 2 aliphatic carbocycles. The summed E-state index contributed by atoms with van der Waals surface area (Å²) in [7, 11) is 0. The molecule has 10 aromatic carbocycles. The van der Waals surface area contributed by atoms with Crippen molar-refractivity contribution < 1.29 is 19.7 Å². The van der Waals surface area contributed by atoms with Crippen molar-refractivity contribution in [3.8, 4) is 45.3 Å². The molecule has 0 unspecified atom stereocenters. The first kappa shape index (κ1) is 39.5. The summed E-state index contributed by atoms with van der Waals surface area (Å²) in [6, 6.07) is 76.5. The predicted molar refractivity (Wildman–Crippen MR) is 266 cm³/mol. The summed E-state index contributed by atoms with van der Waals surface area (Å²) >= 11 is 0. The summed E-state index contributed by atoms with van der Waals surface area (Å²) in [4.78, 5) is 0. The van der Waals surface area contributed by atoms with Gasteiger partial charge in [0.15, 0.2) is 0 Å². The smallest absolute Gasteiger partial charge is 0.119 e. The van der Waals surface area contributed by atoms with Gasteiger partial charge in [0.05, 0.1) is 24.0 Å². The molecule has 12 rings (SSSR count). The largest absolute Gasteiger partial charge is 0.508 e. The van der Waals surface area contributed by atoms with Crippen molar-refractivity contribution in [1.82, 2.24) is 0 Å². The van der Waals surface area contributed by atoms with Crippen LogP contribution in [0.4, 0.5) is 0 Å². The van der Waals surface area contributed by atoms with Gasteiger partial charge in [-0.3, -0.25) is 0 Å². The first-order valence-corrected chi connectivity index (χ1v) is 22.8. The number of rotatable bonds is 11.